The zero-order valence-corrected chi connectivity index (χ0v) is 14.6. The van der Waals surface area contributed by atoms with Crippen LogP contribution in [0.25, 0.3) is 0 Å². The van der Waals surface area contributed by atoms with Crippen molar-refractivity contribution in [1.82, 2.24) is 4.90 Å². The number of anilines is 1. The fourth-order valence-corrected chi connectivity index (χ4v) is 3.05. The molecule has 138 valence electrons. The maximum absolute atomic E-state index is 12.4. The van der Waals surface area contributed by atoms with Crippen molar-refractivity contribution in [3.8, 4) is 6.07 Å². The molecule has 1 aromatic carbocycles. The summed E-state index contributed by atoms with van der Waals surface area (Å²) in [4.78, 5) is 24.7. The number of hydrogen-bond donors (Lipinski definition) is 3. The van der Waals surface area contributed by atoms with Crippen LogP contribution in [0.15, 0.2) is 40.9 Å². The number of aliphatic carboxylic acids is 1. The van der Waals surface area contributed by atoms with Crippen molar-refractivity contribution >= 4 is 27.6 Å². The first-order valence-corrected chi connectivity index (χ1v) is 9.28. The number of piperidine rings is 1. The van der Waals surface area contributed by atoms with Gasteiger partial charge < -0.3 is 15.3 Å². The number of primary sulfonamides is 1. The highest BCUT2D eigenvalue weighted by Crippen LogP contribution is 2.19. The molecule has 9 nitrogen and oxygen atoms in total. The van der Waals surface area contributed by atoms with Crippen molar-refractivity contribution in [3.05, 3.63) is 36.0 Å². The highest BCUT2D eigenvalue weighted by atomic mass is 32.2. The number of carboxylic acids is 1. The quantitative estimate of drug-likeness (QED) is 0.497. The van der Waals surface area contributed by atoms with E-state index in [-0.39, 0.29) is 23.6 Å². The number of carboxylic acid groups (broad SMARTS) is 1. The highest BCUT2D eigenvalue weighted by molar-refractivity contribution is 7.89. The van der Waals surface area contributed by atoms with Crippen molar-refractivity contribution in [1.29, 1.82) is 5.26 Å². The van der Waals surface area contributed by atoms with E-state index in [2.05, 4.69) is 5.32 Å². The Kier molecular flexibility index (Phi) is 5.97. The summed E-state index contributed by atoms with van der Waals surface area (Å²) in [6.45, 7) is 0.551. The van der Waals surface area contributed by atoms with Crippen molar-refractivity contribution in [2.24, 2.45) is 11.1 Å². The van der Waals surface area contributed by atoms with Gasteiger partial charge in [0.1, 0.15) is 11.6 Å². The van der Waals surface area contributed by atoms with Crippen LogP contribution in [-0.4, -0.2) is 43.4 Å². The molecule has 1 heterocycles. The molecule has 0 atom stereocenters. The molecule has 1 aromatic rings. The fraction of sp³-hybridized carbons (Fsp3) is 0.312. The maximum Gasteiger partial charge on any atom is 0.306 e. The molecular weight excluding hydrogens is 360 g/mol. The summed E-state index contributed by atoms with van der Waals surface area (Å²) < 4.78 is 22.4. The average Bonchev–Trinajstić information content (AvgIpc) is 2.61. The number of nitrogens with one attached hydrogen (secondary N) is 1. The number of benzene rings is 1. The molecule has 10 heteroatoms. The van der Waals surface area contributed by atoms with Crippen LogP contribution in [0.1, 0.15) is 12.8 Å². The summed E-state index contributed by atoms with van der Waals surface area (Å²) in [7, 11) is -3.79. The molecule has 1 aliphatic heterocycles. The van der Waals surface area contributed by atoms with E-state index in [1.807, 2.05) is 6.07 Å². The average molecular weight is 378 g/mol. The molecule has 0 spiro atoms. The zero-order valence-electron chi connectivity index (χ0n) is 13.8. The predicted molar refractivity (Wildman–Crippen MR) is 92.1 cm³/mol. The van der Waals surface area contributed by atoms with Crippen LogP contribution in [0, 0.1) is 17.2 Å². The van der Waals surface area contributed by atoms with E-state index >= 15 is 0 Å². The lowest BCUT2D eigenvalue weighted by atomic mass is 9.97. The van der Waals surface area contributed by atoms with Crippen LogP contribution in [-0.2, 0) is 19.6 Å². The third-order valence-electron chi connectivity index (χ3n) is 4.05. The minimum atomic E-state index is -3.79. The van der Waals surface area contributed by atoms with Crippen molar-refractivity contribution < 1.29 is 23.1 Å². The molecule has 0 unspecified atom stereocenters. The Labute approximate surface area is 150 Å². The molecule has 1 saturated heterocycles. The van der Waals surface area contributed by atoms with Crippen LogP contribution in [0.2, 0.25) is 0 Å². The van der Waals surface area contributed by atoms with Gasteiger partial charge in [-0.2, -0.15) is 5.26 Å². The molecule has 4 N–H and O–H groups in total. The lowest BCUT2D eigenvalue weighted by Crippen LogP contribution is -2.40. The number of nitrogens with two attached hydrogens (primary N) is 1. The van der Waals surface area contributed by atoms with Crippen LogP contribution in [0.3, 0.4) is 0 Å². The van der Waals surface area contributed by atoms with Gasteiger partial charge in [0, 0.05) is 25.0 Å². The first-order chi connectivity index (χ1) is 12.2. The summed E-state index contributed by atoms with van der Waals surface area (Å²) in [6.07, 6.45) is 1.93. The second kappa shape index (κ2) is 7.99. The third-order valence-corrected chi connectivity index (χ3v) is 4.98. The maximum atomic E-state index is 12.4. The Balaban J connectivity index is 2.03. The predicted octanol–water partition coefficient (Wildman–Crippen LogP) is 0.477. The normalized spacial score (nSPS) is 16.0. The molecule has 0 aromatic heterocycles. The largest absolute Gasteiger partial charge is 0.481 e. The Morgan fingerprint density at radius 2 is 1.85 bits per heavy atom. The summed E-state index contributed by atoms with van der Waals surface area (Å²) in [5.74, 6) is -1.83. The van der Waals surface area contributed by atoms with Gasteiger partial charge in [-0.3, -0.25) is 9.59 Å². The summed E-state index contributed by atoms with van der Waals surface area (Å²) >= 11 is 0. The molecule has 0 aliphatic carbocycles. The minimum absolute atomic E-state index is 0.0510. The van der Waals surface area contributed by atoms with E-state index in [0.717, 1.165) is 0 Å². The summed E-state index contributed by atoms with van der Waals surface area (Å²) in [5.41, 5.74) is 0.344. The van der Waals surface area contributed by atoms with E-state index in [4.69, 9.17) is 10.2 Å². The van der Waals surface area contributed by atoms with Crippen LogP contribution < -0.4 is 10.5 Å². The Morgan fingerprint density at radius 3 is 2.31 bits per heavy atom. The first kappa shape index (κ1) is 19.4. The Bertz CT molecular complexity index is 863. The van der Waals surface area contributed by atoms with E-state index in [0.29, 0.717) is 18.5 Å². The molecule has 1 aliphatic rings. The van der Waals surface area contributed by atoms with E-state index in [9.17, 15) is 23.3 Å². The van der Waals surface area contributed by atoms with Gasteiger partial charge in [-0.25, -0.2) is 13.6 Å². The molecule has 0 saturated carbocycles. The molecule has 2 rings (SSSR count). The Hall–Kier alpha value is -2.90. The minimum Gasteiger partial charge on any atom is -0.481 e. The first-order valence-electron chi connectivity index (χ1n) is 7.74. The van der Waals surface area contributed by atoms with Gasteiger partial charge in [0.2, 0.25) is 10.0 Å². The number of sulfonamides is 1. The SMILES string of the molecule is N#C/C(=C/Nc1ccc(S(N)(=O)=O)cc1)C(=O)N1CCC(C(=O)O)CC1. The zero-order chi connectivity index (χ0) is 19.3. The van der Waals surface area contributed by atoms with Gasteiger partial charge in [-0.05, 0) is 37.1 Å². The lowest BCUT2D eigenvalue weighted by molar-refractivity contribution is -0.145. The molecule has 1 amide bonds. The van der Waals surface area contributed by atoms with Crippen LogP contribution in [0.4, 0.5) is 5.69 Å². The number of nitriles is 1. The smallest absolute Gasteiger partial charge is 0.306 e. The molecule has 1 fully saturated rings. The number of likely N-dealkylation sites (tertiary alicyclic amines) is 1. The highest BCUT2D eigenvalue weighted by Gasteiger charge is 2.28. The monoisotopic (exact) mass is 378 g/mol. The number of rotatable bonds is 5. The van der Waals surface area contributed by atoms with Crippen LogP contribution in [0.5, 0.6) is 0 Å². The van der Waals surface area contributed by atoms with Gasteiger partial charge >= 0.3 is 5.97 Å². The standard InChI is InChI=1S/C16H18N4O5S/c17-9-12(15(21)20-7-5-11(6-8-20)16(22)23)10-19-13-1-3-14(4-2-13)26(18,24)25/h1-4,10-11,19H,5-8H2,(H,22,23)(H2,18,24,25)/b12-10-. The van der Waals surface area contributed by atoms with E-state index in [1.54, 1.807) is 0 Å². The molecular formula is C16H18N4O5S. The van der Waals surface area contributed by atoms with Crippen molar-refractivity contribution in [2.45, 2.75) is 17.7 Å². The summed E-state index contributed by atoms with van der Waals surface area (Å²) in [6, 6.07) is 7.32. The number of nitrogens with zero attached hydrogens (tertiary/aromatic N) is 2. The number of hydrogen-bond acceptors (Lipinski definition) is 6. The van der Waals surface area contributed by atoms with Gasteiger partial charge in [0.05, 0.1) is 10.8 Å². The topological polar surface area (TPSA) is 154 Å². The van der Waals surface area contributed by atoms with E-state index < -0.39 is 27.8 Å². The molecule has 0 radical (unpaired) electrons. The number of carbonyl (C=O) groups is 2. The van der Waals surface area contributed by atoms with Crippen molar-refractivity contribution in [2.75, 3.05) is 18.4 Å². The number of amides is 1. The fourth-order valence-electron chi connectivity index (χ4n) is 2.54. The molecule has 26 heavy (non-hydrogen) atoms. The van der Waals surface area contributed by atoms with Gasteiger partial charge in [0.25, 0.3) is 5.91 Å². The number of carbonyl (C=O) groups excluding carboxylic acids is 1. The lowest BCUT2D eigenvalue weighted by Gasteiger charge is -2.29. The van der Waals surface area contributed by atoms with Crippen LogP contribution >= 0.6 is 0 Å². The van der Waals surface area contributed by atoms with Gasteiger partial charge in [-0.1, -0.05) is 0 Å². The van der Waals surface area contributed by atoms with E-state index in [1.165, 1.54) is 35.4 Å². The Morgan fingerprint density at radius 1 is 1.27 bits per heavy atom. The molecule has 0 bridgehead atoms. The second-order valence-electron chi connectivity index (χ2n) is 5.79. The van der Waals surface area contributed by atoms with Gasteiger partial charge in [-0.15, -0.1) is 0 Å². The second-order valence-corrected chi connectivity index (χ2v) is 7.35. The summed E-state index contributed by atoms with van der Waals surface area (Å²) in [5, 5.41) is 25.9. The van der Waals surface area contributed by atoms with Crippen molar-refractivity contribution in [3.63, 3.8) is 0 Å². The third kappa shape index (κ3) is 4.81. The van der Waals surface area contributed by atoms with Gasteiger partial charge in [0.15, 0.2) is 0 Å².